The molecule has 3 rings (SSSR count). The highest BCUT2D eigenvalue weighted by Crippen LogP contribution is 2.26. The number of nitrogens with zero attached hydrogens (tertiary/aromatic N) is 1. The van der Waals surface area contributed by atoms with Gasteiger partial charge >= 0.3 is 0 Å². The number of fused-ring (bicyclic) bond motifs is 2. The number of nitrogens with one attached hydrogen (secondary N) is 1. The molecule has 104 valence electrons. The number of piperidine rings is 1. The van der Waals surface area contributed by atoms with Crippen molar-refractivity contribution in [2.75, 3.05) is 26.2 Å². The highest BCUT2D eigenvalue weighted by atomic mass is 19.1. The monoisotopic (exact) mass is 266 g/mol. The molecule has 0 spiro atoms. The van der Waals surface area contributed by atoms with Crippen LogP contribution in [0, 0.1) is 17.6 Å². The fraction of sp³-hybridized carbons (Fsp3) is 0.600. The fourth-order valence-corrected chi connectivity index (χ4v) is 3.38. The second-order valence-corrected chi connectivity index (χ2v) is 5.73. The number of benzene rings is 1. The molecule has 4 heteroatoms. The topological polar surface area (TPSA) is 15.3 Å². The Bertz CT molecular complexity index is 430. The Balaban J connectivity index is 1.50. The Kier molecular flexibility index (Phi) is 3.80. The van der Waals surface area contributed by atoms with Crippen LogP contribution in [-0.4, -0.2) is 37.1 Å². The molecule has 0 radical (unpaired) electrons. The molecule has 2 nitrogen and oxygen atoms in total. The van der Waals surface area contributed by atoms with E-state index in [1.54, 1.807) is 0 Å². The third-order valence-corrected chi connectivity index (χ3v) is 4.38. The lowest BCUT2D eigenvalue weighted by Crippen LogP contribution is -2.44. The highest BCUT2D eigenvalue weighted by Gasteiger charge is 2.33. The second-order valence-electron chi connectivity index (χ2n) is 5.73. The molecule has 1 aromatic rings. The minimum absolute atomic E-state index is 0.487. The van der Waals surface area contributed by atoms with E-state index in [9.17, 15) is 8.78 Å². The predicted octanol–water partition coefficient (Wildman–Crippen LogP) is 2.19. The first-order chi connectivity index (χ1) is 9.20. The second kappa shape index (κ2) is 5.55. The molecule has 2 saturated heterocycles. The number of halogens is 2. The third-order valence-electron chi connectivity index (χ3n) is 4.38. The third kappa shape index (κ3) is 3.12. The summed E-state index contributed by atoms with van der Waals surface area (Å²) in [5, 5.41) is 3.57. The highest BCUT2D eigenvalue weighted by molar-refractivity contribution is 5.18. The van der Waals surface area contributed by atoms with Gasteiger partial charge in [0.25, 0.3) is 0 Å². The van der Waals surface area contributed by atoms with Crippen LogP contribution in [0.1, 0.15) is 18.4 Å². The molecule has 2 heterocycles. The molecule has 2 bridgehead atoms. The van der Waals surface area contributed by atoms with Crippen LogP contribution < -0.4 is 5.32 Å². The van der Waals surface area contributed by atoms with E-state index < -0.39 is 11.6 Å². The lowest BCUT2D eigenvalue weighted by molar-refractivity contribution is 0.222. The quantitative estimate of drug-likeness (QED) is 0.898. The Hall–Kier alpha value is -1.00. The van der Waals surface area contributed by atoms with Gasteiger partial charge in [0.2, 0.25) is 0 Å². The summed E-state index contributed by atoms with van der Waals surface area (Å²) < 4.78 is 26.1. The lowest BCUT2D eigenvalue weighted by Gasteiger charge is -2.31. The SMILES string of the molecule is Fc1cc(F)cc(CCNC2CCN3CCC2C3)c1. The maximum Gasteiger partial charge on any atom is 0.126 e. The molecule has 0 aliphatic carbocycles. The summed E-state index contributed by atoms with van der Waals surface area (Å²) in [6.07, 6.45) is 3.16. The van der Waals surface area contributed by atoms with Crippen molar-refractivity contribution in [2.45, 2.75) is 25.3 Å². The smallest absolute Gasteiger partial charge is 0.126 e. The van der Waals surface area contributed by atoms with Crippen LogP contribution in [0.25, 0.3) is 0 Å². The summed E-state index contributed by atoms with van der Waals surface area (Å²) in [5.41, 5.74) is 0.730. The molecule has 0 amide bonds. The standard InChI is InChI=1S/C15H20F2N2/c16-13-7-11(8-14(17)9-13)1-4-18-15-3-6-19-5-2-12(15)10-19/h7-9,12,15,18H,1-6,10H2. The molecule has 0 aromatic heterocycles. The minimum atomic E-state index is -0.487. The average molecular weight is 266 g/mol. The molecule has 3 atom stereocenters. The van der Waals surface area contributed by atoms with Crippen molar-refractivity contribution in [3.05, 3.63) is 35.4 Å². The lowest BCUT2D eigenvalue weighted by atomic mass is 9.94. The van der Waals surface area contributed by atoms with Crippen LogP contribution in [0.4, 0.5) is 8.78 Å². The summed E-state index contributed by atoms with van der Waals surface area (Å²) in [4.78, 5) is 2.52. The van der Waals surface area contributed by atoms with Crippen molar-refractivity contribution in [3.63, 3.8) is 0 Å². The van der Waals surface area contributed by atoms with E-state index in [2.05, 4.69) is 10.2 Å². The largest absolute Gasteiger partial charge is 0.313 e. The molecular formula is C15H20F2N2. The fourth-order valence-electron chi connectivity index (χ4n) is 3.38. The van der Waals surface area contributed by atoms with Gasteiger partial charge in [-0.25, -0.2) is 8.78 Å². The van der Waals surface area contributed by atoms with Crippen molar-refractivity contribution in [1.29, 1.82) is 0 Å². The van der Waals surface area contributed by atoms with Crippen LogP contribution in [0.15, 0.2) is 18.2 Å². The van der Waals surface area contributed by atoms with E-state index in [1.807, 2.05) is 0 Å². The summed E-state index contributed by atoms with van der Waals surface area (Å²) in [6, 6.07) is 4.34. The first-order valence-electron chi connectivity index (χ1n) is 7.11. The summed E-state index contributed by atoms with van der Waals surface area (Å²) in [7, 11) is 0. The Morgan fingerprint density at radius 3 is 2.63 bits per heavy atom. The van der Waals surface area contributed by atoms with Gasteiger partial charge in [0.05, 0.1) is 0 Å². The van der Waals surface area contributed by atoms with Crippen molar-refractivity contribution in [1.82, 2.24) is 10.2 Å². The first kappa shape index (κ1) is 13.0. The van der Waals surface area contributed by atoms with E-state index in [4.69, 9.17) is 0 Å². The maximum absolute atomic E-state index is 13.1. The number of hydrogen-bond donors (Lipinski definition) is 1. The van der Waals surface area contributed by atoms with Gasteiger partial charge in [-0.1, -0.05) is 0 Å². The van der Waals surface area contributed by atoms with Crippen molar-refractivity contribution < 1.29 is 8.78 Å². The van der Waals surface area contributed by atoms with E-state index in [0.717, 1.165) is 24.1 Å². The van der Waals surface area contributed by atoms with Crippen LogP contribution in [-0.2, 0) is 6.42 Å². The van der Waals surface area contributed by atoms with E-state index >= 15 is 0 Å². The van der Waals surface area contributed by atoms with E-state index in [0.29, 0.717) is 12.5 Å². The van der Waals surface area contributed by atoms with Gasteiger partial charge < -0.3 is 10.2 Å². The zero-order valence-electron chi connectivity index (χ0n) is 11.0. The molecule has 2 fully saturated rings. The minimum Gasteiger partial charge on any atom is -0.313 e. The first-order valence-corrected chi connectivity index (χ1v) is 7.11. The van der Waals surface area contributed by atoms with Gasteiger partial charge in [-0.05, 0) is 62.5 Å². The van der Waals surface area contributed by atoms with Gasteiger partial charge in [-0.2, -0.15) is 0 Å². The van der Waals surface area contributed by atoms with Crippen LogP contribution in [0.5, 0.6) is 0 Å². The molecular weight excluding hydrogens is 246 g/mol. The Morgan fingerprint density at radius 1 is 1.11 bits per heavy atom. The summed E-state index contributed by atoms with van der Waals surface area (Å²) >= 11 is 0. The Morgan fingerprint density at radius 2 is 1.84 bits per heavy atom. The Labute approximate surface area is 112 Å². The predicted molar refractivity (Wildman–Crippen MR) is 71.0 cm³/mol. The van der Waals surface area contributed by atoms with Crippen molar-refractivity contribution >= 4 is 0 Å². The molecule has 2 aliphatic rings. The summed E-state index contributed by atoms with van der Waals surface area (Å²) in [6.45, 7) is 4.43. The molecule has 19 heavy (non-hydrogen) atoms. The number of hydrogen-bond acceptors (Lipinski definition) is 2. The molecule has 1 aromatic carbocycles. The molecule has 1 N–H and O–H groups in total. The van der Waals surface area contributed by atoms with E-state index in [1.165, 1.54) is 44.6 Å². The molecule has 2 aliphatic heterocycles. The van der Waals surface area contributed by atoms with Gasteiger partial charge in [0, 0.05) is 18.7 Å². The number of rotatable bonds is 4. The average Bonchev–Trinajstić information content (AvgIpc) is 2.74. The van der Waals surface area contributed by atoms with Gasteiger partial charge in [0.1, 0.15) is 11.6 Å². The van der Waals surface area contributed by atoms with Crippen LogP contribution in [0.3, 0.4) is 0 Å². The molecule has 3 unspecified atom stereocenters. The van der Waals surface area contributed by atoms with Crippen LogP contribution >= 0.6 is 0 Å². The van der Waals surface area contributed by atoms with Crippen LogP contribution in [0.2, 0.25) is 0 Å². The van der Waals surface area contributed by atoms with Gasteiger partial charge in [-0.15, -0.1) is 0 Å². The van der Waals surface area contributed by atoms with Crippen molar-refractivity contribution in [2.24, 2.45) is 5.92 Å². The zero-order valence-corrected chi connectivity index (χ0v) is 11.0. The zero-order chi connectivity index (χ0) is 13.2. The van der Waals surface area contributed by atoms with E-state index in [-0.39, 0.29) is 0 Å². The molecule has 0 saturated carbocycles. The summed E-state index contributed by atoms with van der Waals surface area (Å²) in [5.74, 6) is -0.212. The maximum atomic E-state index is 13.1. The van der Waals surface area contributed by atoms with Crippen molar-refractivity contribution in [3.8, 4) is 0 Å². The normalized spacial score (nSPS) is 29.7. The van der Waals surface area contributed by atoms with Gasteiger partial charge in [0.15, 0.2) is 0 Å². The van der Waals surface area contributed by atoms with Gasteiger partial charge in [-0.3, -0.25) is 0 Å².